The van der Waals surface area contributed by atoms with Gasteiger partial charge in [0, 0.05) is 7.05 Å². The first-order valence-corrected chi connectivity index (χ1v) is 4.66. The molecule has 12 heavy (non-hydrogen) atoms. The monoisotopic (exact) mass is 169 g/mol. The molecule has 3 nitrogen and oxygen atoms in total. The number of nitrogens with zero attached hydrogens (tertiary/aromatic N) is 1. The first-order chi connectivity index (χ1) is 5.79. The van der Waals surface area contributed by atoms with Gasteiger partial charge in [-0.05, 0) is 12.8 Å². The Hall–Kier alpha value is -0.570. The highest BCUT2D eigenvalue weighted by atomic mass is 16.5. The minimum Gasteiger partial charge on any atom is -0.366 e. The summed E-state index contributed by atoms with van der Waals surface area (Å²) >= 11 is 0. The Morgan fingerprint density at radius 2 is 2.17 bits per heavy atom. The summed E-state index contributed by atoms with van der Waals surface area (Å²) in [4.78, 5) is 13.1. The number of likely N-dealkylation sites (N-methyl/N-ethyl adjacent to an activating group) is 1. The zero-order valence-corrected chi connectivity index (χ0v) is 7.45. The lowest BCUT2D eigenvalue weighted by molar-refractivity contribution is -0.157. The van der Waals surface area contributed by atoms with E-state index in [1.165, 1.54) is 12.8 Å². The Morgan fingerprint density at radius 3 is 3.00 bits per heavy atom. The quantitative estimate of drug-likeness (QED) is 0.536. The Balaban J connectivity index is 2.08. The Morgan fingerprint density at radius 1 is 1.42 bits per heavy atom. The molecule has 0 spiro atoms. The van der Waals surface area contributed by atoms with Crippen molar-refractivity contribution >= 4 is 5.91 Å². The van der Waals surface area contributed by atoms with Crippen molar-refractivity contribution in [2.75, 3.05) is 13.7 Å². The fourth-order valence-electron chi connectivity index (χ4n) is 2.18. The maximum atomic E-state index is 11.2. The minimum absolute atomic E-state index is 0.137. The Labute approximate surface area is 72.7 Å². The minimum atomic E-state index is 0.137. The molecule has 1 saturated heterocycles. The maximum absolute atomic E-state index is 11.2. The van der Waals surface area contributed by atoms with Crippen LogP contribution in [0.2, 0.25) is 0 Å². The predicted molar refractivity (Wildman–Crippen MR) is 44.8 cm³/mol. The normalized spacial score (nSPS) is 36.4. The number of amides is 1. The molecule has 0 radical (unpaired) electrons. The highest BCUT2D eigenvalue weighted by Crippen LogP contribution is 2.27. The van der Waals surface area contributed by atoms with Gasteiger partial charge in [-0.2, -0.15) is 0 Å². The van der Waals surface area contributed by atoms with Gasteiger partial charge in [0.1, 0.15) is 6.61 Å². The fourth-order valence-corrected chi connectivity index (χ4v) is 2.18. The van der Waals surface area contributed by atoms with Gasteiger partial charge in [-0.15, -0.1) is 0 Å². The van der Waals surface area contributed by atoms with Gasteiger partial charge in [-0.3, -0.25) is 4.79 Å². The van der Waals surface area contributed by atoms with Crippen molar-refractivity contribution in [3.63, 3.8) is 0 Å². The van der Waals surface area contributed by atoms with Crippen molar-refractivity contribution in [3.05, 3.63) is 0 Å². The van der Waals surface area contributed by atoms with Crippen LogP contribution in [0.25, 0.3) is 0 Å². The van der Waals surface area contributed by atoms with E-state index in [-0.39, 0.29) is 12.5 Å². The molecule has 1 heterocycles. The number of hydrogen-bond donors (Lipinski definition) is 0. The van der Waals surface area contributed by atoms with Gasteiger partial charge in [0.2, 0.25) is 5.91 Å². The summed E-state index contributed by atoms with van der Waals surface area (Å²) in [5, 5.41) is 0. The van der Waals surface area contributed by atoms with Crippen LogP contribution in [0, 0.1) is 0 Å². The van der Waals surface area contributed by atoms with Crippen molar-refractivity contribution < 1.29 is 9.53 Å². The van der Waals surface area contributed by atoms with Crippen molar-refractivity contribution in [1.29, 1.82) is 0 Å². The van der Waals surface area contributed by atoms with E-state index in [1.807, 2.05) is 11.9 Å². The van der Waals surface area contributed by atoms with Crippen LogP contribution in [0.1, 0.15) is 25.7 Å². The molecule has 0 aromatic rings. The van der Waals surface area contributed by atoms with Crippen LogP contribution in [0.15, 0.2) is 0 Å². The average molecular weight is 169 g/mol. The van der Waals surface area contributed by atoms with E-state index in [9.17, 15) is 4.79 Å². The van der Waals surface area contributed by atoms with E-state index in [4.69, 9.17) is 4.74 Å². The standard InChI is InChI=1S/C9H15NO2/c1-10-7-4-2-3-5-8(7)12-6-9(10)11/h7-8H,2-6H2,1H3. The number of morpholine rings is 1. The topological polar surface area (TPSA) is 29.5 Å². The van der Waals surface area contributed by atoms with E-state index in [0.29, 0.717) is 12.1 Å². The Kier molecular flexibility index (Phi) is 2.05. The van der Waals surface area contributed by atoms with E-state index >= 15 is 0 Å². The molecule has 3 heteroatoms. The zero-order chi connectivity index (χ0) is 8.55. The van der Waals surface area contributed by atoms with E-state index in [2.05, 4.69) is 0 Å². The van der Waals surface area contributed by atoms with Crippen molar-refractivity contribution in [2.24, 2.45) is 0 Å². The molecular formula is C9H15NO2. The lowest BCUT2D eigenvalue weighted by Crippen LogP contribution is -2.53. The third kappa shape index (κ3) is 1.22. The molecular weight excluding hydrogens is 154 g/mol. The lowest BCUT2D eigenvalue weighted by Gasteiger charge is -2.41. The molecule has 0 aromatic heterocycles. The molecule has 1 saturated carbocycles. The second kappa shape index (κ2) is 3.05. The number of rotatable bonds is 0. The Bertz CT molecular complexity index is 193. The van der Waals surface area contributed by atoms with Crippen LogP contribution >= 0.6 is 0 Å². The second-order valence-electron chi connectivity index (χ2n) is 3.71. The summed E-state index contributed by atoms with van der Waals surface area (Å²) in [6.45, 7) is 0.289. The SMILES string of the molecule is CN1C(=O)COC2CCCCC21. The van der Waals surface area contributed by atoms with Crippen LogP contribution in [-0.2, 0) is 9.53 Å². The van der Waals surface area contributed by atoms with Crippen LogP contribution in [0.5, 0.6) is 0 Å². The van der Waals surface area contributed by atoms with Crippen molar-refractivity contribution in [2.45, 2.75) is 37.8 Å². The summed E-state index contributed by atoms with van der Waals surface area (Å²) in [6, 6.07) is 0.361. The number of ether oxygens (including phenoxy) is 1. The van der Waals surface area contributed by atoms with Gasteiger partial charge in [-0.25, -0.2) is 0 Å². The lowest BCUT2D eigenvalue weighted by atomic mass is 9.90. The third-order valence-electron chi connectivity index (χ3n) is 2.98. The van der Waals surface area contributed by atoms with Gasteiger partial charge < -0.3 is 9.64 Å². The summed E-state index contributed by atoms with van der Waals surface area (Å²) in [5.74, 6) is 0.137. The van der Waals surface area contributed by atoms with Gasteiger partial charge in [0.05, 0.1) is 12.1 Å². The summed E-state index contributed by atoms with van der Waals surface area (Å²) in [5.41, 5.74) is 0. The number of carbonyl (C=O) groups is 1. The van der Waals surface area contributed by atoms with E-state index in [0.717, 1.165) is 12.8 Å². The summed E-state index contributed by atoms with van der Waals surface area (Å²) in [6.07, 6.45) is 5.06. The number of hydrogen-bond acceptors (Lipinski definition) is 2. The van der Waals surface area contributed by atoms with Crippen LogP contribution in [0.4, 0.5) is 0 Å². The summed E-state index contributed by atoms with van der Waals surface area (Å²) < 4.78 is 5.47. The summed E-state index contributed by atoms with van der Waals surface area (Å²) in [7, 11) is 1.90. The molecule has 2 rings (SSSR count). The van der Waals surface area contributed by atoms with Gasteiger partial charge in [0.25, 0.3) is 0 Å². The van der Waals surface area contributed by atoms with Gasteiger partial charge in [-0.1, -0.05) is 12.8 Å². The molecule has 2 aliphatic rings. The number of fused-ring (bicyclic) bond motifs is 1. The highest BCUT2D eigenvalue weighted by molar-refractivity contribution is 5.78. The first-order valence-electron chi connectivity index (χ1n) is 4.66. The first kappa shape index (κ1) is 8.05. The second-order valence-corrected chi connectivity index (χ2v) is 3.71. The maximum Gasteiger partial charge on any atom is 0.248 e. The molecule has 1 amide bonds. The number of carbonyl (C=O) groups excluding carboxylic acids is 1. The average Bonchev–Trinajstić information content (AvgIpc) is 2.12. The van der Waals surface area contributed by atoms with Gasteiger partial charge in [0.15, 0.2) is 0 Å². The fraction of sp³-hybridized carbons (Fsp3) is 0.889. The van der Waals surface area contributed by atoms with Gasteiger partial charge >= 0.3 is 0 Å². The molecule has 2 fully saturated rings. The zero-order valence-electron chi connectivity index (χ0n) is 7.45. The molecule has 2 unspecified atom stereocenters. The van der Waals surface area contributed by atoms with E-state index < -0.39 is 0 Å². The molecule has 0 aromatic carbocycles. The molecule has 0 N–H and O–H groups in total. The molecule has 2 atom stereocenters. The smallest absolute Gasteiger partial charge is 0.248 e. The predicted octanol–water partition coefficient (Wildman–Crippen LogP) is 0.786. The molecule has 1 aliphatic heterocycles. The molecule has 68 valence electrons. The van der Waals surface area contributed by atoms with Crippen LogP contribution < -0.4 is 0 Å². The highest BCUT2D eigenvalue weighted by Gasteiger charge is 2.35. The van der Waals surface area contributed by atoms with E-state index in [1.54, 1.807) is 0 Å². The van der Waals surface area contributed by atoms with Crippen molar-refractivity contribution in [3.8, 4) is 0 Å². The molecule has 0 bridgehead atoms. The van der Waals surface area contributed by atoms with Crippen LogP contribution in [0.3, 0.4) is 0 Å². The third-order valence-corrected chi connectivity index (χ3v) is 2.98. The molecule has 1 aliphatic carbocycles. The van der Waals surface area contributed by atoms with Crippen molar-refractivity contribution in [1.82, 2.24) is 4.90 Å². The largest absolute Gasteiger partial charge is 0.366 e. The van der Waals surface area contributed by atoms with Crippen LogP contribution in [-0.4, -0.2) is 36.6 Å².